The molecule has 0 saturated carbocycles. The molecule has 3 rings (SSSR count). The van der Waals surface area contributed by atoms with E-state index in [9.17, 15) is 18.0 Å². The van der Waals surface area contributed by atoms with Gasteiger partial charge in [-0.25, -0.2) is 8.42 Å². The highest BCUT2D eigenvalue weighted by molar-refractivity contribution is 7.92. The summed E-state index contributed by atoms with van der Waals surface area (Å²) in [6.45, 7) is 6.72. The van der Waals surface area contributed by atoms with Crippen LogP contribution in [0.4, 0.5) is 5.69 Å². The smallest absolute Gasteiger partial charge is 0.264 e. The van der Waals surface area contributed by atoms with Crippen molar-refractivity contribution in [1.82, 2.24) is 10.2 Å². The largest absolute Gasteiger partial charge is 0.497 e. The van der Waals surface area contributed by atoms with Crippen LogP contribution in [-0.2, 0) is 26.2 Å². The van der Waals surface area contributed by atoms with Gasteiger partial charge < -0.3 is 15.0 Å². The molecule has 41 heavy (non-hydrogen) atoms. The van der Waals surface area contributed by atoms with E-state index in [1.54, 1.807) is 43.3 Å². The number of carbonyl (C=O) groups is 2. The third kappa shape index (κ3) is 7.93. The van der Waals surface area contributed by atoms with E-state index in [-0.39, 0.29) is 39.1 Å². The van der Waals surface area contributed by atoms with Gasteiger partial charge in [0.15, 0.2) is 0 Å². The molecule has 3 aromatic carbocycles. The van der Waals surface area contributed by atoms with Crippen molar-refractivity contribution in [3.8, 4) is 5.75 Å². The molecule has 0 saturated heterocycles. The molecular formula is C30H35Cl2N3O5S. The Morgan fingerprint density at radius 3 is 2.27 bits per heavy atom. The average molecular weight is 621 g/mol. The Morgan fingerprint density at radius 1 is 1.00 bits per heavy atom. The maximum Gasteiger partial charge on any atom is 0.264 e. The first kappa shape index (κ1) is 32.2. The predicted octanol–water partition coefficient (Wildman–Crippen LogP) is 5.84. The van der Waals surface area contributed by atoms with Gasteiger partial charge in [0.1, 0.15) is 18.3 Å². The molecule has 0 aliphatic heterocycles. The second-order valence-corrected chi connectivity index (χ2v) is 12.5. The Kier molecular flexibility index (Phi) is 11.1. The van der Waals surface area contributed by atoms with Crippen LogP contribution in [0.25, 0.3) is 0 Å². The lowest BCUT2D eigenvalue weighted by Gasteiger charge is -2.34. The van der Waals surface area contributed by atoms with Crippen LogP contribution in [0.2, 0.25) is 10.0 Å². The van der Waals surface area contributed by atoms with Gasteiger partial charge in [-0.1, -0.05) is 66.0 Å². The van der Waals surface area contributed by atoms with Gasteiger partial charge in [-0.2, -0.15) is 0 Å². The number of amides is 2. The lowest BCUT2D eigenvalue weighted by atomic mass is 10.1. The molecule has 2 amide bonds. The molecule has 0 aliphatic rings. The van der Waals surface area contributed by atoms with Crippen molar-refractivity contribution in [2.45, 2.75) is 57.6 Å². The minimum absolute atomic E-state index is 0.0124. The molecule has 8 nitrogen and oxygen atoms in total. The summed E-state index contributed by atoms with van der Waals surface area (Å²) in [6.07, 6.45) is 0.302. The highest BCUT2D eigenvalue weighted by Crippen LogP contribution is 2.35. The van der Waals surface area contributed by atoms with E-state index >= 15 is 0 Å². The van der Waals surface area contributed by atoms with E-state index < -0.39 is 28.5 Å². The number of anilines is 1. The molecule has 220 valence electrons. The van der Waals surface area contributed by atoms with Crippen LogP contribution >= 0.6 is 23.2 Å². The number of carbonyl (C=O) groups excluding carboxylic acids is 2. The van der Waals surface area contributed by atoms with Gasteiger partial charge in [0, 0.05) is 12.6 Å². The monoisotopic (exact) mass is 619 g/mol. The summed E-state index contributed by atoms with van der Waals surface area (Å²) in [6, 6.07) is 17.0. The number of methoxy groups -OCH3 is 1. The lowest BCUT2D eigenvalue weighted by molar-refractivity contribution is -0.140. The molecule has 0 aromatic heterocycles. The topological polar surface area (TPSA) is 96.0 Å². The van der Waals surface area contributed by atoms with Crippen molar-refractivity contribution < 1.29 is 22.7 Å². The van der Waals surface area contributed by atoms with Crippen LogP contribution in [0.1, 0.15) is 38.3 Å². The fourth-order valence-corrected chi connectivity index (χ4v) is 6.18. The number of hydrogen-bond donors (Lipinski definition) is 1. The SMILES string of the molecule is CC[C@H](C(=O)NC(C)C)N(Cc1cccc(OC)c1)C(=O)CN(c1cccc(Cl)c1Cl)S(=O)(=O)c1ccc(C)cc1. The van der Waals surface area contributed by atoms with E-state index in [1.165, 1.54) is 36.3 Å². The molecule has 1 atom stereocenters. The highest BCUT2D eigenvalue weighted by Gasteiger charge is 2.34. The third-order valence-electron chi connectivity index (χ3n) is 6.39. The number of halogens is 2. The van der Waals surface area contributed by atoms with Crippen LogP contribution in [0.3, 0.4) is 0 Å². The highest BCUT2D eigenvalue weighted by atomic mass is 35.5. The van der Waals surface area contributed by atoms with Crippen molar-refractivity contribution in [1.29, 1.82) is 0 Å². The number of rotatable bonds is 12. The average Bonchev–Trinajstić information content (AvgIpc) is 2.93. The molecule has 0 bridgehead atoms. The van der Waals surface area contributed by atoms with Crippen LogP contribution in [0, 0.1) is 6.92 Å². The van der Waals surface area contributed by atoms with Gasteiger partial charge in [0.25, 0.3) is 10.0 Å². The number of benzene rings is 3. The number of hydrogen-bond acceptors (Lipinski definition) is 5. The third-order valence-corrected chi connectivity index (χ3v) is 8.97. The Balaban J connectivity index is 2.11. The summed E-state index contributed by atoms with van der Waals surface area (Å²) in [7, 11) is -2.73. The molecule has 0 radical (unpaired) electrons. The quantitative estimate of drug-likeness (QED) is 0.275. The molecule has 3 aromatic rings. The van der Waals surface area contributed by atoms with Crippen molar-refractivity contribution in [2.75, 3.05) is 18.0 Å². The zero-order valence-electron chi connectivity index (χ0n) is 23.7. The molecule has 0 spiro atoms. The summed E-state index contributed by atoms with van der Waals surface area (Å²) in [5.74, 6) is -0.346. The molecule has 11 heteroatoms. The van der Waals surface area contributed by atoms with Crippen molar-refractivity contribution in [3.05, 3.63) is 87.9 Å². The molecule has 0 unspecified atom stereocenters. The Hall–Kier alpha value is -3.27. The summed E-state index contributed by atoms with van der Waals surface area (Å²) in [4.78, 5) is 28.8. The molecular weight excluding hydrogens is 585 g/mol. The first-order chi connectivity index (χ1) is 19.4. The molecule has 0 aliphatic carbocycles. The minimum Gasteiger partial charge on any atom is -0.497 e. The fourth-order valence-electron chi connectivity index (χ4n) is 4.30. The van der Waals surface area contributed by atoms with Gasteiger partial charge in [-0.3, -0.25) is 13.9 Å². The van der Waals surface area contributed by atoms with E-state index in [0.717, 1.165) is 9.87 Å². The van der Waals surface area contributed by atoms with Crippen LogP contribution in [-0.4, -0.2) is 50.9 Å². The first-order valence-electron chi connectivity index (χ1n) is 13.1. The summed E-state index contributed by atoms with van der Waals surface area (Å²) >= 11 is 12.7. The van der Waals surface area contributed by atoms with Crippen LogP contribution in [0.15, 0.2) is 71.6 Å². The first-order valence-corrected chi connectivity index (χ1v) is 15.3. The minimum atomic E-state index is -4.27. The van der Waals surface area contributed by atoms with E-state index in [0.29, 0.717) is 17.7 Å². The zero-order chi connectivity index (χ0) is 30.3. The summed E-state index contributed by atoms with van der Waals surface area (Å²) in [5.41, 5.74) is 1.63. The van der Waals surface area contributed by atoms with Crippen molar-refractivity contribution in [3.63, 3.8) is 0 Å². The number of ether oxygens (including phenoxy) is 1. The van der Waals surface area contributed by atoms with Gasteiger partial charge in [0.2, 0.25) is 11.8 Å². The second kappa shape index (κ2) is 14.1. The number of sulfonamides is 1. The Labute approximate surface area is 252 Å². The van der Waals surface area contributed by atoms with Crippen molar-refractivity contribution >= 4 is 50.7 Å². The number of aryl methyl sites for hydroxylation is 1. The maximum atomic E-state index is 14.1. The predicted molar refractivity (Wildman–Crippen MR) is 163 cm³/mol. The summed E-state index contributed by atoms with van der Waals surface area (Å²) in [5, 5.41) is 3.00. The molecule has 0 fully saturated rings. The summed E-state index contributed by atoms with van der Waals surface area (Å²) < 4.78 is 34.2. The number of nitrogens with one attached hydrogen (secondary N) is 1. The maximum absolute atomic E-state index is 14.1. The standard InChI is InChI=1S/C30H35Cl2N3O5S/c1-6-26(30(37)33-20(2)3)34(18-22-9-7-10-23(17-22)40-5)28(36)19-35(27-12-8-11-25(31)29(27)32)41(38,39)24-15-13-21(4)14-16-24/h7-17,20,26H,6,18-19H2,1-5H3,(H,33,37)/t26-/m1/s1. The van der Waals surface area contributed by atoms with Gasteiger partial charge in [-0.15, -0.1) is 0 Å². The fraction of sp³-hybridized carbons (Fsp3) is 0.333. The van der Waals surface area contributed by atoms with Gasteiger partial charge in [-0.05, 0) is 69.2 Å². The van der Waals surface area contributed by atoms with Crippen LogP contribution < -0.4 is 14.4 Å². The molecule has 0 heterocycles. The van der Waals surface area contributed by atoms with E-state index in [2.05, 4.69) is 5.32 Å². The van der Waals surface area contributed by atoms with Gasteiger partial charge >= 0.3 is 0 Å². The van der Waals surface area contributed by atoms with E-state index in [1.807, 2.05) is 26.8 Å². The lowest BCUT2D eigenvalue weighted by Crippen LogP contribution is -2.53. The zero-order valence-corrected chi connectivity index (χ0v) is 26.1. The normalized spacial score (nSPS) is 12.1. The van der Waals surface area contributed by atoms with Crippen molar-refractivity contribution in [2.24, 2.45) is 0 Å². The Bertz CT molecular complexity index is 1480. The second-order valence-electron chi connectivity index (χ2n) is 9.86. The number of nitrogens with zero attached hydrogens (tertiary/aromatic N) is 2. The van der Waals surface area contributed by atoms with E-state index in [4.69, 9.17) is 27.9 Å². The van der Waals surface area contributed by atoms with Crippen LogP contribution in [0.5, 0.6) is 5.75 Å². The van der Waals surface area contributed by atoms with Gasteiger partial charge in [0.05, 0.1) is 27.7 Å². The Morgan fingerprint density at radius 2 is 1.66 bits per heavy atom. The molecule has 1 N–H and O–H groups in total.